The van der Waals surface area contributed by atoms with Crippen molar-refractivity contribution in [2.75, 3.05) is 0 Å². The monoisotopic (exact) mass is 504 g/mol. The van der Waals surface area contributed by atoms with Gasteiger partial charge in [0.1, 0.15) is 0 Å². The molecule has 0 fully saturated rings. The smallest absolute Gasteiger partial charge is 0.220 e. The van der Waals surface area contributed by atoms with Gasteiger partial charge in [-0.1, -0.05) is 0 Å². The summed E-state index contributed by atoms with van der Waals surface area (Å²) in [5.41, 5.74) is 0. The molecule has 0 nitrogen and oxygen atoms in total. The Balaban J connectivity index is 5.73. The van der Waals surface area contributed by atoms with Crippen molar-refractivity contribution in [3.8, 4) is 0 Å². The van der Waals surface area contributed by atoms with E-state index in [4.69, 9.17) is 0 Å². The minimum atomic E-state index is -6.66. The average Bonchev–Trinajstić information content (AvgIpc) is 1.98. The second-order valence-electron chi connectivity index (χ2n) is 2.72. The van der Waals surface area contributed by atoms with Gasteiger partial charge >= 0.3 is 22.0 Å². The topological polar surface area (TPSA) is 0 Å². The highest BCUT2D eigenvalue weighted by atomic mass is 127. The number of hydrogen-bond donors (Lipinski definition) is 0. The van der Waals surface area contributed by atoms with Crippen LogP contribution in [0.1, 0.15) is 0 Å². The molecular formula is C5F10I2. The predicted octanol–water partition coefficient (Wildman–Crippen LogP) is 4.95. The summed E-state index contributed by atoms with van der Waals surface area (Å²) in [5.74, 6) is -6.51. The maximum absolute atomic E-state index is 13.1. The van der Waals surface area contributed by atoms with Crippen molar-refractivity contribution in [1.29, 1.82) is 0 Å². The summed E-state index contributed by atoms with van der Waals surface area (Å²) >= 11 is -0.991. The summed E-state index contributed by atoms with van der Waals surface area (Å²) < 4.78 is 111. The van der Waals surface area contributed by atoms with E-state index < -0.39 is 70.8 Å². The van der Waals surface area contributed by atoms with Crippen LogP contribution in [0.2, 0.25) is 0 Å². The predicted molar refractivity (Wildman–Crippen MR) is 52.8 cm³/mol. The van der Waals surface area contributed by atoms with E-state index in [0.717, 1.165) is 0 Å². The fraction of sp³-hybridized carbons (Fsp3) is 1.00. The van der Waals surface area contributed by atoms with E-state index in [1.54, 1.807) is 0 Å². The second kappa shape index (κ2) is 4.40. The van der Waals surface area contributed by atoms with Crippen LogP contribution in [0, 0.1) is 0 Å². The molecule has 0 aliphatic rings. The van der Waals surface area contributed by atoms with Crippen LogP contribution < -0.4 is 0 Å². The molecule has 0 radical (unpaired) electrons. The molecule has 17 heavy (non-hydrogen) atoms. The van der Waals surface area contributed by atoms with Gasteiger partial charge in [-0.2, -0.15) is 35.1 Å². The standard InChI is InChI=1S/C5F10I2/c6-1(7,4(10,11)12)2(8,16)3(9,17)5(13,14)15. The first-order valence-corrected chi connectivity index (χ1v) is 5.43. The first kappa shape index (κ1) is 17.8. The van der Waals surface area contributed by atoms with Crippen molar-refractivity contribution in [3.05, 3.63) is 0 Å². The van der Waals surface area contributed by atoms with E-state index in [0.29, 0.717) is 0 Å². The van der Waals surface area contributed by atoms with Gasteiger partial charge in [0.15, 0.2) is 0 Å². The fourth-order valence-corrected chi connectivity index (χ4v) is 1.50. The molecule has 0 spiro atoms. The lowest BCUT2D eigenvalue weighted by Gasteiger charge is -2.37. The number of alkyl halides is 12. The number of rotatable bonds is 2. The Morgan fingerprint density at radius 2 is 0.765 bits per heavy atom. The van der Waals surface area contributed by atoms with Crippen LogP contribution in [-0.4, -0.2) is 25.6 Å². The van der Waals surface area contributed by atoms with Gasteiger partial charge < -0.3 is 0 Å². The van der Waals surface area contributed by atoms with Gasteiger partial charge in [-0.15, -0.1) is 0 Å². The van der Waals surface area contributed by atoms with Crippen LogP contribution in [0.15, 0.2) is 0 Å². The molecule has 2 unspecified atom stereocenters. The fourth-order valence-electron chi connectivity index (χ4n) is 0.553. The van der Waals surface area contributed by atoms with Gasteiger partial charge in [-0.05, 0) is 45.2 Å². The van der Waals surface area contributed by atoms with E-state index >= 15 is 0 Å². The minimum absolute atomic E-state index is 0.464. The maximum atomic E-state index is 13.1. The van der Waals surface area contributed by atoms with Crippen LogP contribution in [0.4, 0.5) is 43.9 Å². The molecule has 0 aromatic carbocycles. The first-order chi connectivity index (χ1) is 7.00. The summed E-state index contributed by atoms with van der Waals surface area (Å²) in [6.07, 6.45) is -12.9. The molecule has 2 atom stereocenters. The van der Waals surface area contributed by atoms with Gasteiger partial charge in [-0.3, -0.25) is 0 Å². The third-order valence-corrected chi connectivity index (χ3v) is 5.31. The zero-order valence-corrected chi connectivity index (χ0v) is 11.4. The third-order valence-electron chi connectivity index (χ3n) is 1.50. The molecule has 0 saturated heterocycles. The molecule has 0 aromatic rings. The van der Waals surface area contributed by atoms with Gasteiger partial charge in [0, 0.05) is 0 Å². The summed E-state index contributed by atoms with van der Waals surface area (Å²) in [5, 5.41) is 0. The zero-order chi connectivity index (χ0) is 14.5. The largest absolute Gasteiger partial charge is 0.457 e. The molecule has 0 saturated carbocycles. The lowest BCUT2D eigenvalue weighted by molar-refractivity contribution is -0.331. The Kier molecular flexibility index (Phi) is 4.60. The van der Waals surface area contributed by atoms with Gasteiger partial charge in [0.2, 0.25) is 0 Å². The van der Waals surface area contributed by atoms with Crippen LogP contribution in [0.3, 0.4) is 0 Å². The quantitative estimate of drug-likeness (QED) is 0.284. The number of hydrogen-bond acceptors (Lipinski definition) is 0. The van der Waals surface area contributed by atoms with E-state index in [1.807, 2.05) is 0 Å². The van der Waals surface area contributed by atoms with Gasteiger partial charge in [0.05, 0.1) is 0 Å². The molecule has 0 rings (SSSR count). The minimum Gasteiger partial charge on any atom is -0.220 e. The second-order valence-corrected chi connectivity index (χ2v) is 5.69. The Labute approximate surface area is 114 Å². The van der Waals surface area contributed by atoms with Crippen molar-refractivity contribution in [1.82, 2.24) is 0 Å². The van der Waals surface area contributed by atoms with Crippen molar-refractivity contribution in [2.45, 2.75) is 25.6 Å². The molecule has 0 aliphatic heterocycles. The SMILES string of the molecule is FC(F)(F)C(F)(F)C(F)(I)C(F)(I)C(F)(F)F. The Bertz CT molecular complexity index is 258. The number of halogens is 12. The van der Waals surface area contributed by atoms with Crippen molar-refractivity contribution in [3.63, 3.8) is 0 Å². The molecule has 0 bridgehead atoms. The summed E-state index contributed by atoms with van der Waals surface area (Å²) in [4.78, 5) is 0. The van der Waals surface area contributed by atoms with Crippen molar-refractivity contribution >= 4 is 45.2 Å². The van der Waals surface area contributed by atoms with E-state index in [9.17, 15) is 43.9 Å². The Morgan fingerprint density at radius 3 is 0.941 bits per heavy atom. The molecule has 0 heterocycles. The molecule has 104 valence electrons. The Morgan fingerprint density at radius 1 is 0.471 bits per heavy atom. The lowest BCUT2D eigenvalue weighted by Crippen LogP contribution is -2.63. The highest BCUT2D eigenvalue weighted by molar-refractivity contribution is 14.1. The van der Waals surface area contributed by atoms with E-state index in [2.05, 4.69) is 0 Å². The highest BCUT2D eigenvalue weighted by Crippen LogP contribution is 2.61. The summed E-state index contributed by atoms with van der Waals surface area (Å²) in [7, 11) is 0. The van der Waals surface area contributed by atoms with Crippen molar-refractivity contribution in [2.24, 2.45) is 0 Å². The van der Waals surface area contributed by atoms with Crippen LogP contribution in [0.5, 0.6) is 0 Å². The molecular weight excluding hydrogens is 504 g/mol. The molecule has 0 N–H and O–H groups in total. The Hall–Kier alpha value is 0.760. The molecule has 0 aliphatic carbocycles. The third kappa shape index (κ3) is 2.70. The van der Waals surface area contributed by atoms with Gasteiger partial charge in [0.25, 0.3) is 3.68 Å². The van der Waals surface area contributed by atoms with Crippen LogP contribution in [0.25, 0.3) is 0 Å². The van der Waals surface area contributed by atoms with E-state index in [1.165, 1.54) is 0 Å². The molecule has 0 aromatic heterocycles. The highest BCUT2D eigenvalue weighted by Gasteiger charge is 2.83. The van der Waals surface area contributed by atoms with E-state index in [-0.39, 0.29) is 0 Å². The average molecular weight is 504 g/mol. The van der Waals surface area contributed by atoms with Crippen LogP contribution >= 0.6 is 45.2 Å². The first-order valence-electron chi connectivity index (χ1n) is 3.27. The molecule has 0 amide bonds. The summed E-state index contributed by atoms with van der Waals surface area (Å²) in [6, 6.07) is 0. The normalized spacial score (nSPS) is 21.9. The van der Waals surface area contributed by atoms with Crippen molar-refractivity contribution < 1.29 is 43.9 Å². The van der Waals surface area contributed by atoms with Crippen LogP contribution in [-0.2, 0) is 0 Å². The maximum Gasteiger partial charge on any atom is 0.457 e. The molecule has 12 heteroatoms. The zero-order valence-electron chi connectivity index (χ0n) is 7.04. The lowest BCUT2D eigenvalue weighted by atomic mass is 10.1. The van der Waals surface area contributed by atoms with Gasteiger partial charge in [-0.25, -0.2) is 8.78 Å². The summed E-state index contributed by atoms with van der Waals surface area (Å²) in [6.45, 7) is 0.